The average Bonchev–Trinajstić information content (AvgIpc) is 2.54. The van der Waals surface area contributed by atoms with Crippen LogP contribution in [0.4, 0.5) is 11.4 Å². The van der Waals surface area contributed by atoms with E-state index in [1.807, 2.05) is 0 Å². The minimum absolute atomic E-state index is 0.499. The highest BCUT2D eigenvalue weighted by Crippen LogP contribution is 2.34. The normalized spacial score (nSPS) is 11.8. The second-order valence-corrected chi connectivity index (χ2v) is 8.44. The predicted octanol–water partition coefficient (Wildman–Crippen LogP) is 7.92. The van der Waals surface area contributed by atoms with E-state index in [0.29, 0.717) is 23.7 Å². The molecule has 0 spiro atoms. The van der Waals surface area contributed by atoms with E-state index in [-0.39, 0.29) is 0 Å². The molecule has 0 fully saturated rings. The molecule has 0 aromatic heterocycles. The fourth-order valence-corrected chi connectivity index (χ4v) is 3.21. The van der Waals surface area contributed by atoms with Crippen molar-refractivity contribution in [1.82, 2.24) is 0 Å². The van der Waals surface area contributed by atoms with Crippen molar-refractivity contribution in [3.05, 3.63) is 58.7 Å². The number of anilines is 2. The maximum atomic E-state index is 3.74. The van der Waals surface area contributed by atoms with E-state index in [2.05, 4.69) is 97.1 Å². The smallest absolute Gasteiger partial charge is 0.0419 e. The molecule has 0 saturated heterocycles. The van der Waals surface area contributed by atoms with Gasteiger partial charge in [-0.15, -0.1) is 0 Å². The second kappa shape index (κ2) is 8.08. The van der Waals surface area contributed by atoms with Crippen LogP contribution in [0, 0.1) is 0 Å². The number of rotatable bonds is 6. The summed E-state index contributed by atoms with van der Waals surface area (Å²) >= 11 is 0. The molecule has 1 nitrogen and oxygen atoms in total. The van der Waals surface area contributed by atoms with Gasteiger partial charge in [-0.2, -0.15) is 0 Å². The minimum Gasteiger partial charge on any atom is -0.355 e. The lowest BCUT2D eigenvalue weighted by atomic mass is 9.92. The van der Waals surface area contributed by atoms with E-state index in [0.717, 1.165) is 0 Å². The van der Waals surface area contributed by atoms with Crippen LogP contribution in [0.5, 0.6) is 0 Å². The Bertz CT molecular complexity index is 647. The first-order chi connectivity index (χ1) is 11.7. The predicted molar refractivity (Wildman–Crippen MR) is 113 cm³/mol. The van der Waals surface area contributed by atoms with Crippen molar-refractivity contribution in [2.75, 3.05) is 5.32 Å². The van der Waals surface area contributed by atoms with E-state index in [4.69, 9.17) is 0 Å². The molecular formula is C24H35N. The van der Waals surface area contributed by atoms with Crippen LogP contribution in [0.2, 0.25) is 0 Å². The van der Waals surface area contributed by atoms with Crippen LogP contribution in [0.1, 0.15) is 101 Å². The summed E-state index contributed by atoms with van der Waals surface area (Å²) in [5.74, 6) is 2.11. The number of benzene rings is 2. The van der Waals surface area contributed by atoms with E-state index in [9.17, 15) is 0 Å². The molecule has 0 saturated carbocycles. The number of hydrogen-bond donors (Lipinski definition) is 1. The highest BCUT2D eigenvalue weighted by atomic mass is 14.9. The van der Waals surface area contributed by atoms with Gasteiger partial charge in [0.25, 0.3) is 0 Å². The Kier molecular flexibility index (Phi) is 6.32. The van der Waals surface area contributed by atoms with Gasteiger partial charge in [-0.25, -0.2) is 0 Å². The van der Waals surface area contributed by atoms with Gasteiger partial charge < -0.3 is 5.32 Å². The van der Waals surface area contributed by atoms with Gasteiger partial charge in [0, 0.05) is 11.4 Å². The van der Waals surface area contributed by atoms with Gasteiger partial charge in [0.2, 0.25) is 0 Å². The topological polar surface area (TPSA) is 12.0 Å². The van der Waals surface area contributed by atoms with Crippen molar-refractivity contribution in [2.45, 2.75) is 79.1 Å². The van der Waals surface area contributed by atoms with Gasteiger partial charge in [0.05, 0.1) is 0 Å². The molecule has 1 heteroatoms. The van der Waals surface area contributed by atoms with E-state index in [1.165, 1.54) is 33.6 Å². The molecule has 0 radical (unpaired) electrons. The monoisotopic (exact) mass is 337 g/mol. The van der Waals surface area contributed by atoms with Crippen LogP contribution < -0.4 is 5.32 Å². The summed E-state index contributed by atoms with van der Waals surface area (Å²) in [5, 5.41) is 3.74. The van der Waals surface area contributed by atoms with Crippen molar-refractivity contribution < 1.29 is 0 Å². The summed E-state index contributed by atoms with van der Waals surface area (Å²) in [6.45, 7) is 18.1. The molecule has 0 unspecified atom stereocenters. The quantitative estimate of drug-likeness (QED) is 0.564. The maximum absolute atomic E-state index is 3.74. The Morgan fingerprint density at radius 1 is 0.520 bits per heavy atom. The lowest BCUT2D eigenvalue weighted by molar-refractivity contribution is 0.831. The van der Waals surface area contributed by atoms with Gasteiger partial charge in [-0.1, -0.05) is 79.7 Å². The van der Waals surface area contributed by atoms with Crippen molar-refractivity contribution in [3.63, 3.8) is 0 Å². The third kappa shape index (κ3) is 4.66. The molecule has 25 heavy (non-hydrogen) atoms. The molecule has 2 aromatic carbocycles. The van der Waals surface area contributed by atoms with E-state index < -0.39 is 0 Å². The van der Waals surface area contributed by atoms with Crippen molar-refractivity contribution in [1.29, 1.82) is 0 Å². The molecule has 1 N–H and O–H groups in total. The second-order valence-electron chi connectivity index (χ2n) is 8.44. The summed E-state index contributed by atoms with van der Waals surface area (Å²) in [6.07, 6.45) is 0. The molecular weight excluding hydrogens is 302 g/mol. The Balaban J connectivity index is 2.45. The standard InChI is InChI=1S/C24H35N/c1-15(2)19-9-11-23(21(13-19)17(5)6)25-24-12-10-20(16(3)4)14-22(24)18(7)8/h9-18,25H,1-8H3. The van der Waals surface area contributed by atoms with Crippen LogP contribution in [-0.4, -0.2) is 0 Å². The molecule has 0 heterocycles. The fourth-order valence-electron chi connectivity index (χ4n) is 3.21. The van der Waals surface area contributed by atoms with E-state index in [1.54, 1.807) is 0 Å². The highest BCUT2D eigenvalue weighted by Gasteiger charge is 2.14. The molecule has 2 aromatic rings. The van der Waals surface area contributed by atoms with Crippen LogP contribution in [0.3, 0.4) is 0 Å². The van der Waals surface area contributed by atoms with Crippen molar-refractivity contribution in [3.8, 4) is 0 Å². The lowest BCUT2D eigenvalue weighted by Crippen LogP contribution is -2.04. The van der Waals surface area contributed by atoms with Gasteiger partial charge in [-0.3, -0.25) is 0 Å². The largest absolute Gasteiger partial charge is 0.355 e. The first kappa shape index (κ1) is 19.6. The molecule has 0 aliphatic carbocycles. The Hall–Kier alpha value is -1.76. The van der Waals surface area contributed by atoms with Crippen LogP contribution in [0.25, 0.3) is 0 Å². The molecule has 0 amide bonds. The molecule has 0 atom stereocenters. The summed E-state index contributed by atoms with van der Waals surface area (Å²) < 4.78 is 0. The zero-order valence-corrected chi connectivity index (χ0v) is 17.3. The average molecular weight is 338 g/mol. The third-order valence-corrected chi connectivity index (χ3v) is 5.00. The van der Waals surface area contributed by atoms with Gasteiger partial charge >= 0.3 is 0 Å². The summed E-state index contributed by atoms with van der Waals surface area (Å²) in [4.78, 5) is 0. The van der Waals surface area contributed by atoms with Crippen LogP contribution in [0.15, 0.2) is 36.4 Å². The Morgan fingerprint density at radius 2 is 0.880 bits per heavy atom. The fraction of sp³-hybridized carbons (Fsp3) is 0.500. The van der Waals surface area contributed by atoms with Gasteiger partial charge in [0.15, 0.2) is 0 Å². The molecule has 0 bridgehead atoms. The first-order valence-corrected chi connectivity index (χ1v) is 9.75. The van der Waals surface area contributed by atoms with Gasteiger partial charge in [0.1, 0.15) is 0 Å². The SMILES string of the molecule is CC(C)c1ccc(Nc2ccc(C(C)C)cc2C(C)C)c(C(C)C)c1. The number of nitrogens with one attached hydrogen (secondary N) is 1. The van der Waals surface area contributed by atoms with Crippen molar-refractivity contribution in [2.24, 2.45) is 0 Å². The van der Waals surface area contributed by atoms with Gasteiger partial charge in [-0.05, 0) is 58.1 Å². The van der Waals surface area contributed by atoms with Crippen LogP contribution >= 0.6 is 0 Å². The minimum atomic E-state index is 0.499. The molecule has 136 valence electrons. The summed E-state index contributed by atoms with van der Waals surface area (Å²) in [5.41, 5.74) is 8.09. The summed E-state index contributed by atoms with van der Waals surface area (Å²) in [6, 6.07) is 13.8. The molecule has 2 rings (SSSR count). The zero-order chi connectivity index (χ0) is 18.7. The maximum Gasteiger partial charge on any atom is 0.0419 e. The zero-order valence-electron chi connectivity index (χ0n) is 17.3. The van der Waals surface area contributed by atoms with Crippen LogP contribution in [-0.2, 0) is 0 Å². The summed E-state index contributed by atoms with van der Waals surface area (Å²) in [7, 11) is 0. The Labute approximate surface area is 154 Å². The Morgan fingerprint density at radius 3 is 1.16 bits per heavy atom. The third-order valence-electron chi connectivity index (χ3n) is 5.00. The molecule has 0 aliphatic heterocycles. The lowest BCUT2D eigenvalue weighted by Gasteiger charge is -2.21. The molecule has 0 aliphatic rings. The first-order valence-electron chi connectivity index (χ1n) is 9.75. The number of hydrogen-bond acceptors (Lipinski definition) is 1. The van der Waals surface area contributed by atoms with E-state index >= 15 is 0 Å². The van der Waals surface area contributed by atoms with Crippen molar-refractivity contribution >= 4 is 11.4 Å². The highest BCUT2D eigenvalue weighted by molar-refractivity contribution is 5.68.